The third-order valence-corrected chi connectivity index (χ3v) is 2.86. The van der Waals surface area contributed by atoms with Gasteiger partial charge in [0.05, 0.1) is 18.3 Å². The molecular weight excluding hydrogens is 242 g/mol. The molecule has 0 radical (unpaired) electrons. The number of aromatic nitrogens is 3. The van der Waals surface area contributed by atoms with Crippen LogP contribution < -0.4 is 0 Å². The molecule has 19 heavy (non-hydrogen) atoms. The van der Waals surface area contributed by atoms with Crippen molar-refractivity contribution in [3.63, 3.8) is 0 Å². The summed E-state index contributed by atoms with van der Waals surface area (Å²) in [5.41, 5.74) is 2.90. The average molecular weight is 253 g/mol. The number of esters is 1. The summed E-state index contributed by atoms with van der Waals surface area (Å²) >= 11 is 0. The number of nitrogens with zero attached hydrogens (tertiary/aromatic N) is 3. The van der Waals surface area contributed by atoms with Gasteiger partial charge >= 0.3 is 5.97 Å². The summed E-state index contributed by atoms with van der Waals surface area (Å²) in [7, 11) is 1.35. The Morgan fingerprint density at radius 1 is 1.21 bits per heavy atom. The molecule has 0 aliphatic heterocycles. The summed E-state index contributed by atoms with van der Waals surface area (Å²) in [5.74, 6) is -0.407. The first kappa shape index (κ1) is 11.4. The number of carbonyl (C=O) groups is 1. The predicted molar refractivity (Wildman–Crippen MR) is 69.8 cm³/mol. The minimum absolute atomic E-state index is 0.406. The quantitative estimate of drug-likeness (QED) is 0.657. The zero-order chi connectivity index (χ0) is 13.2. The van der Waals surface area contributed by atoms with Crippen LogP contribution in [-0.4, -0.2) is 27.7 Å². The molecule has 94 valence electrons. The molecule has 5 heteroatoms. The lowest BCUT2D eigenvalue weighted by Crippen LogP contribution is -2.07. The Balaban J connectivity index is 2.17. The number of methoxy groups -OCH3 is 1. The maximum atomic E-state index is 11.6. The summed E-state index contributed by atoms with van der Waals surface area (Å²) < 4.78 is 6.31. The first-order chi connectivity index (χ1) is 9.29. The van der Waals surface area contributed by atoms with E-state index in [9.17, 15) is 4.79 Å². The fourth-order valence-electron chi connectivity index (χ4n) is 1.92. The zero-order valence-corrected chi connectivity index (χ0v) is 10.3. The first-order valence-corrected chi connectivity index (χ1v) is 5.77. The number of pyridine rings is 1. The topological polar surface area (TPSA) is 56.5 Å². The molecule has 0 fully saturated rings. The highest BCUT2D eigenvalue weighted by molar-refractivity contribution is 5.89. The van der Waals surface area contributed by atoms with Crippen LogP contribution in [-0.2, 0) is 4.74 Å². The van der Waals surface area contributed by atoms with Crippen molar-refractivity contribution in [1.82, 2.24) is 14.6 Å². The van der Waals surface area contributed by atoms with Gasteiger partial charge in [-0.3, -0.25) is 4.98 Å². The van der Waals surface area contributed by atoms with Gasteiger partial charge in [0.1, 0.15) is 0 Å². The molecular formula is C14H11N3O2. The average Bonchev–Trinajstić information content (AvgIpc) is 2.90. The number of carbonyl (C=O) groups excluding carboxylic acids is 1. The van der Waals surface area contributed by atoms with Crippen LogP contribution in [0.3, 0.4) is 0 Å². The van der Waals surface area contributed by atoms with E-state index in [0.29, 0.717) is 5.69 Å². The highest BCUT2D eigenvalue weighted by atomic mass is 16.5. The summed E-state index contributed by atoms with van der Waals surface area (Å²) in [6.45, 7) is 0. The van der Waals surface area contributed by atoms with Crippen molar-refractivity contribution in [3.8, 4) is 11.3 Å². The summed E-state index contributed by atoms with van der Waals surface area (Å²) in [6.07, 6.45) is 3.44. The Bertz CT molecular complexity index is 735. The predicted octanol–water partition coefficient (Wildman–Crippen LogP) is 2.18. The van der Waals surface area contributed by atoms with Crippen molar-refractivity contribution in [3.05, 3.63) is 54.5 Å². The van der Waals surface area contributed by atoms with Crippen LogP contribution in [0.4, 0.5) is 0 Å². The lowest BCUT2D eigenvalue weighted by molar-refractivity contribution is 0.0591. The molecule has 0 atom stereocenters. The Morgan fingerprint density at radius 2 is 2.05 bits per heavy atom. The Labute approximate surface area is 109 Å². The van der Waals surface area contributed by atoms with Crippen LogP contribution in [0.1, 0.15) is 10.5 Å². The van der Waals surface area contributed by atoms with Gasteiger partial charge in [-0.2, -0.15) is 5.10 Å². The minimum atomic E-state index is -0.407. The maximum absolute atomic E-state index is 11.6. The maximum Gasteiger partial charge on any atom is 0.356 e. The lowest BCUT2D eigenvalue weighted by Gasteiger charge is -2.04. The molecule has 3 aromatic rings. The minimum Gasteiger partial charge on any atom is -0.464 e. The number of rotatable bonds is 2. The summed E-state index contributed by atoms with van der Waals surface area (Å²) in [4.78, 5) is 15.7. The second-order valence-corrected chi connectivity index (χ2v) is 4.01. The van der Waals surface area contributed by atoms with Gasteiger partial charge in [0.15, 0.2) is 5.69 Å². The highest BCUT2D eigenvalue weighted by Crippen LogP contribution is 2.17. The summed E-state index contributed by atoms with van der Waals surface area (Å²) in [5, 5.41) is 4.45. The molecule has 3 aromatic heterocycles. The van der Waals surface area contributed by atoms with Crippen molar-refractivity contribution in [2.75, 3.05) is 7.11 Å². The third kappa shape index (κ3) is 1.95. The van der Waals surface area contributed by atoms with Crippen molar-refractivity contribution < 1.29 is 9.53 Å². The molecule has 5 nitrogen and oxygen atoms in total. The van der Waals surface area contributed by atoms with Gasteiger partial charge in [0, 0.05) is 18.0 Å². The van der Waals surface area contributed by atoms with Crippen molar-refractivity contribution in [2.45, 2.75) is 0 Å². The Hall–Kier alpha value is -2.69. The number of fused-ring (bicyclic) bond motifs is 1. The highest BCUT2D eigenvalue weighted by Gasteiger charge is 2.12. The molecule has 0 bridgehead atoms. The molecule has 0 saturated carbocycles. The Morgan fingerprint density at radius 3 is 2.79 bits per heavy atom. The molecule has 3 heterocycles. The van der Waals surface area contributed by atoms with Crippen LogP contribution in [0, 0.1) is 0 Å². The Kier molecular flexibility index (Phi) is 2.72. The molecule has 3 rings (SSSR count). The smallest absolute Gasteiger partial charge is 0.356 e. The number of hydrogen-bond donors (Lipinski definition) is 0. The number of hydrogen-bond acceptors (Lipinski definition) is 4. The monoisotopic (exact) mass is 253 g/mol. The van der Waals surface area contributed by atoms with Gasteiger partial charge in [-0.05, 0) is 36.4 Å². The van der Waals surface area contributed by atoms with Crippen molar-refractivity contribution in [2.24, 2.45) is 0 Å². The first-order valence-electron chi connectivity index (χ1n) is 5.77. The van der Waals surface area contributed by atoms with Gasteiger partial charge < -0.3 is 4.74 Å². The van der Waals surface area contributed by atoms with E-state index in [2.05, 4.69) is 10.1 Å². The van der Waals surface area contributed by atoms with Crippen molar-refractivity contribution >= 4 is 11.5 Å². The van der Waals surface area contributed by atoms with E-state index in [1.807, 2.05) is 30.3 Å². The van der Waals surface area contributed by atoms with Crippen LogP contribution in [0.15, 0.2) is 48.8 Å². The molecule has 0 saturated heterocycles. The van der Waals surface area contributed by atoms with Gasteiger partial charge in [0.2, 0.25) is 0 Å². The largest absolute Gasteiger partial charge is 0.464 e. The van der Waals surface area contributed by atoms with Crippen molar-refractivity contribution in [1.29, 1.82) is 0 Å². The van der Waals surface area contributed by atoms with Crippen LogP contribution in [0.25, 0.3) is 16.8 Å². The fourth-order valence-corrected chi connectivity index (χ4v) is 1.92. The molecule has 0 aromatic carbocycles. The van der Waals surface area contributed by atoms with Gasteiger partial charge in [0.25, 0.3) is 0 Å². The van der Waals surface area contributed by atoms with E-state index in [1.54, 1.807) is 23.0 Å². The SMILES string of the molecule is COC(=O)c1ccc2ccc(-c3cccnc3)nn12. The molecule has 0 unspecified atom stereocenters. The molecule has 0 aliphatic carbocycles. The van der Waals surface area contributed by atoms with Gasteiger partial charge in [-0.1, -0.05) is 0 Å². The van der Waals surface area contributed by atoms with Gasteiger partial charge in [-0.15, -0.1) is 0 Å². The normalized spacial score (nSPS) is 10.6. The van der Waals surface area contributed by atoms with Gasteiger partial charge in [-0.25, -0.2) is 9.31 Å². The van der Waals surface area contributed by atoms with Crippen LogP contribution in [0.5, 0.6) is 0 Å². The van der Waals surface area contributed by atoms with Crippen LogP contribution in [0.2, 0.25) is 0 Å². The van der Waals surface area contributed by atoms with Crippen LogP contribution >= 0.6 is 0 Å². The van der Waals surface area contributed by atoms with E-state index >= 15 is 0 Å². The lowest BCUT2D eigenvalue weighted by atomic mass is 10.2. The second kappa shape index (κ2) is 4.53. The molecule has 0 spiro atoms. The number of ether oxygens (including phenoxy) is 1. The van der Waals surface area contributed by atoms with E-state index < -0.39 is 5.97 Å². The standard InChI is InChI=1S/C14H11N3O2/c1-19-14(18)13-7-5-11-4-6-12(16-17(11)13)10-3-2-8-15-9-10/h2-9H,1H3. The van der Waals surface area contributed by atoms with E-state index in [4.69, 9.17) is 4.74 Å². The zero-order valence-electron chi connectivity index (χ0n) is 10.3. The fraction of sp³-hybridized carbons (Fsp3) is 0.0714. The van der Waals surface area contributed by atoms with E-state index in [1.165, 1.54) is 7.11 Å². The van der Waals surface area contributed by atoms with E-state index in [-0.39, 0.29) is 0 Å². The molecule has 0 aliphatic rings. The summed E-state index contributed by atoms with van der Waals surface area (Å²) in [6, 6.07) is 11.1. The molecule has 0 amide bonds. The van der Waals surface area contributed by atoms with E-state index in [0.717, 1.165) is 16.8 Å². The second-order valence-electron chi connectivity index (χ2n) is 4.01. The molecule has 0 N–H and O–H groups in total. The third-order valence-electron chi connectivity index (χ3n) is 2.86.